The van der Waals surface area contributed by atoms with Crippen molar-refractivity contribution < 1.29 is 40.6 Å². The van der Waals surface area contributed by atoms with Crippen molar-refractivity contribution in [3.63, 3.8) is 0 Å². The lowest BCUT2D eigenvalue weighted by molar-refractivity contribution is 0.0523. The molecule has 0 spiro atoms. The lowest BCUT2D eigenvalue weighted by Gasteiger charge is -2.16. The molecule has 0 saturated heterocycles. The van der Waals surface area contributed by atoms with E-state index in [2.05, 4.69) is 15.9 Å². The Morgan fingerprint density at radius 3 is 2.09 bits per heavy atom. The molecule has 0 aliphatic carbocycles. The number of carbonyl (C=O) groups excluding carboxylic acids is 1. The molecule has 0 amide bonds. The van der Waals surface area contributed by atoms with Crippen LogP contribution in [0.2, 0.25) is 0 Å². The second kappa shape index (κ2) is 8.73. The maximum absolute atomic E-state index is 14.0. The summed E-state index contributed by atoms with van der Waals surface area (Å²) in [5, 5.41) is 0.309. The molecule has 3 rings (SSSR count). The predicted molar refractivity (Wildman–Crippen MR) is 109 cm³/mol. The van der Waals surface area contributed by atoms with E-state index in [4.69, 9.17) is 13.9 Å². The molecular weight excluding hydrogens is 503 g/mol. The summed E-state index contributed by atoms with van der Waals surface area (Å²) in [6.45, 7) is 6.32. The Balaban J connectivity index is 2.09. The summed E-state index contributed by atoms with van der Waals surface area (Å²) in [6.07, 6.45) is 0. The van der Waals surface area contributed by atoms with E-state index in [1.54, 1.807) is 6.92 Å². The molecule has 0 aliphatic rings. The van der Waals surface area contributed by atoms with Crippen molar-refractivity contribution in [2.24, 2.45) is 0 Å². The summed E-state index contributed by atoms with van der Waals surface area (Å²) in [5.41, 5.74) is -1.22. The highest BCUT2D eigenvalue weighted by Gasteiger charge is 2.31. The van der Waals surface area contributed by atoms with Crippen LogP contribution in [0.25, 0.3) is 11.0 Å². The average Bonchev–Trinajstić information content (AvgIpc) is 3.09. The number of esters is 1. The van der Waals surface area contributed by atoms with Crippen LogP contribution in [0.1, 0.15) is 49.4 Å². The molecule has 1 aromatic heterocycles. The Labute approximate surface area is 188 Å². The molecule has 0 radical (unpaired) electrons. The first-order valence-electron chi connectivity index (χ1n) is 9.45. The number of furan rings is 1. The highest BCUT2D eigenvalue weighted by atomic mass is 79.9. The molecule has 0 unspecified atom stereocenters. The van der Waals surface area contributed by atoms with E-state index < -0.39 is 52.6 Å². The third kappa shape index (κ3) is 4.20. The predicted octanol–water partition coefficient (Wildman–Crippen LogP) is 6.94. The maximum Gasteiger partial charge on any atom is 0.342 e. The molecule has 0 saturated carbocycles. The van der Waals surface area contributed by atoms with Gasteiger partial charge in [0.05, 0.1) is 16.6 Å². The van der Waals surface area contributed by atoms with E-state index in [9.17, 15) is 26.7 Å². The SMILES string of the molecule is CCOC(=O)c1c(C(C)(C)C)oc2cc(Br)c(OCc3c(F)c(F)c(F)c(F)c3F)cc12. The molecule has 1 heterocycles. The Hall–Kier alpha value is -2.62. The fraction of sp³-hybridized carbons (Fsp3) is 0.318. The van der Waals surface area contributed by atoms with Gasteiger partial charge in [-0.1, -0.05) is 20.8 Å². The zero-order valence-corrected chi connectivity index (χ0v) is 19.1. The van der Waals surface area contributed by atoms with Crippen LogP contribution in [0.5, 0.6) is 5.75 Å². The van der Waals surface area contributed by atoms with Crippen molar-refractivity contribution in [1.29, 1.82) is 0 Å². The van der Waals surface area contributed by atoms with Crippen molar-refractivity contribution >= 4 is 32.9 Å². The minimum atomic E-state index is -2.25. The normalized spacial score (nSPS) is 11.8. The number of hydrogen-bond acceptors (Lipinski definition) is 4. The number of fused-ring (bicyclic) bond motifs is 1. The molecule has 2 aromatic carbocycles. The molecule has 0 bridgehead atoms. The molecule has 10 heteroatoms. The largest absolute Gasteiger partial charge is 0.487 e. The van der Waals surface area contributed by atoms with Crippen molar-refractivity contribution in [2.45, 2.75) is 39.7 Å². The molecule has 0 fully saturated rings. The van der Waals surface area contributed by atoms with Gasteiger partial charge in [0.1, 0.15) is 29.3 Å². The first kappa shape index (κ1) is 24.0. The van der Waals surface area contributed by atoms with Gasteiger partial charge in [-0.25, -0.2) is 26.7 Å². The van der Waals surface area contributed by atoms with Gasteiger partial charge in [0.2, 0.25) is 5.82 Å². The van der Waals surface area contributed by atoms with Gasteiger partial charge < -0.3 is 13.9 Å². The van der Waals surface area contributed by atoms with Crippen LogP contribution in [-0.2, 0) is 16.8 Å². The van der Waals surface area contributed by atoms with Gasteiger partial charge in [0.15, 0.2) is 23.3 Å². The summed E-state index contributed by atoms with van der Waals surface area (Å²) in [6, 6.07) is 2.84. The highest BCUT2D eigenvalue weighted by molar-refractivity contribution is 9.10. The quantitative estimate of drug-likeness (QED) is 0.158. The van der Waals surface area contributed by atoms with E-state index in [0.29, 0.717) is 16.7 Å². The average molecular weight is 521 g/mol. The van der Waals surface area contributed by atoms with Gasteiger partial charge >= 0.3 is 5.97 Å². The number of ether oxygens (including phenoxy) is 2. The summed E-state index contributed by atoms with van der Waals surface area (Å²) in [5.74, 6) is -10.6. The highest BCUT2D eigenvalue weighted by Crippen LogP contribution is 2.40. The second-order valence-electron chi connectivity index (χ2n) is 7.89. The van der Waals surface area contributed by atoms with Crippen molar-refractivity contribution in [1.82, 2.24) is 0 Å². The smallest absolute Gasteiger partial charge is 0.342 e. The Morgan fingerprint density at radius 1 is 1.00 bits per heavy atom. The van der Waals surface area contributed by atoms with Crippen LogP contribution in [0.4, 0.5) is 22.0 Å². The maximum atomic E-state index is 14.0. The number of hydrogen-bond donors (Lipinski definition) is 0. The van der Waals surface area contributed by atoms with Gasteiger partial charge in [-0.15, -0.1) is 0 Å². The van der Waals surface area contributed by atoms with Crippen LogP contribution < -0.4 is 4.74 Å². The third-order valence-corrected chi connectivity index (χ3v) is 5.20. The van der Waals surface area contributed by atoms with Gasteiger partial charge in [-0.2, -0.15) is 0 Å². The molecule has 3 aromatic rings. The topological polar surface area (TPSA) is 48.7 Å². The van der Waals surface area contributed by atoms with Crippen molar-refractivity contribution in [3.05, 3.63) is 62.6 Å². The lowest BCUT2D eigenvalue weighted by atomic mass is 9.89. The summed E-state index contributed by atoms with van der Waals surface area (Å²) in [7, 11) is 0. The van der Waals surface area contributed by atoms with E-state index >= 15 is 0 Å². The number of carbonyl (C=O) groups is 1. The molecule has 0 atom stereocenters. The first-order valence-corrected chi connectivity index (χ1v) is 10.2. The number of rotatable bonds is 5. The van der Waals surface area contributed by atoms with Gasteiger partial charge in [-0.3, -0.25) is 0 Å². The Morgan fingerprint density at radius 2 is 1.56 bits per heavy atom. The van der Waals surface area contributed by atoms with Crippen molar-refractivity contribution in [3.8, 4) is 5.75 Å². The fourth-order valence-corrected chi connectivity index (χ4v) is 3.51. The monoisotopic (exact) mass is 520 g/mol. The molecule has 32 heavy (non-hydrogen) atoms. The number of halogens is 6. The van der Waals surface area contributed by atoms with Crippen LogP contribution in [0.3, 0.4) is 0 Å². The lowest BCUT2D eigenvalue weighted by Crippen LogP contribution is -2.16. The molecule has 4 nitrogen and oxygen atoms in total. The van der Waals surface area contributed by atoms with Gasteiger partial charge in [-0.05, 0) is 35.0 Å². The van der Waals surface area contributed by atoms with Crippen LogP contribution in [0.15, 0.2) is 21.0 Å². The van der Waals surface area contributed by atoms with Crippen molar-refractivity contribution in [2.75, 3.05) is 6.61 Å². The second-order valence-corrected chi connectivity index (χ2v) is 8.75. The minimum absolute atomic E-state index is 0.00625. The molecular formula is C22H18BrF5O4. The van der Waals surface area contributed by atoms with Gasteiger partial charge in [0.25, 0.3) is 0 Å². The molecule has 0 aliphatic heterocycles. The minimum Gasteiger partial charge on any atom is -0.487 e. The molecule has 172 valence electrons. The fourth-order valence-electron chi connectivity index (χ4n) is 3.07. The Kier molecular flexibility index (Phi) is 6.55. The van der Waals surface area contributed by atoms with E-state index in [-0.39, 0.29) is 22.4 Å². The van der Waals surface area contributed by atoms with E-state index in [1.165, 1.54) is 12.1 Å². The molecule has 0 N–H and O–H groups in total. The zero-order valence-electron chi connectivity index (χ0n) is 17.5. The third-order valence-electron chi connectivity index (χ3n) is 4.58. The van der Waals surface area contributed by atoms with E-state index in [1.807, 2.05) is 20.8 Å². The zero-order chi connectivity index (χ0) is 24.0. The summed E-state index contributed by atoms with van der Waals surface area (Å²) < 4.78 is 84.7. The summed E-state index contributed by atoms with van der Waals surface area (Å²) in [4.78, 5) is 12.6. The Bertz CT molecular complexity index is 1180. The van der Waals surface area contributed by atoms with Crippen LogP contribution in [0, 0.1) is 29.1 Å². The standard InChI is InChI=1S/C22H18BrF5O4/c1-5-30-21(29)14-9-6-13(11(23)7-12(9)32-20(14)22(2,3)4)31-8-10-15(24)17(26)19(28)18(27)16(10)25/h6-7H,5,8H2,1-4H3. The summed E-state index contributed by atoms with van der Waals surface area (Å²) >= 11 is 3.22. The van der Waals surface area contributed by atoms with Gasteiger partial charge in [0, 0.05) is 10.8 Å². The van der Waals surface area contributed by atoms with Crippen LogP contribution >= 0.6 is 15.9 Å². The van der Waals surface area contributed by atoms with Crippen LogP contribution in [-0.4, -0.2) is 12.6 Å². The van der Waals surface area contributed by atoms with E-state index in [0.717, 1.165) is 0 Å². The number of benzene rings is 2. The first-order chi connectivity index (χ1) is 14.9.